The van der Waals surface area contributed by atoms with E-state index in [1.807, 2.05) is 0 Å². The van der Waals surface area contributed by atoms with Gasteiger partial charge in [-0.3, -0.25) is 0 Å². The predicted molar refractivity (Wildman–Crippen MR) is 46.8 cm³/mol. The Hall–Kier alpha value is -1.20. The van der Waals surface area contributed by atoms with Gasteiger partial charge in [0.15, 0.2) is 11.6 Å². The highest BCUT2D eigenvalue weighted by Gasteiger charge is 2.12. The molecule has 0 bridgehead atoms. The monoisotopic (exact) mass is 203 g/mol. The SMILES string of the molecule is NCc1ccc(OCCO)c(F)c1F. The maximum atomic E-state index is 13.1. The van der Waals surface area contributed by atoms with E-state index >= 15 is 0 Å². The molecule has 0 amide bonds. The van der Waals surface area contributed by atoms with Crippen LogP contribution in [0.3, 0.4) is 0 Å². The van der Waals surface area contributed by atoms with E-state index < -0.39 is 11.6 Å². The summed E-state index contributed by atoms with van der Waals surface area (Å²) in [6.45, 7) is -0.388. The third-order valence-electron chi connectivity index (χ3n) is 1.70. The first kappa shape index (κ1) is 10.9. The van der Waals surface area contributed by atoms with Gasteiger partial charge in [0.25, 0.3) is 0 Å². The standard InChI is InChI=1S/C9H11F2NO2/c10-8-6(5-12)1-2-7(9(8)11)14-4-3-13/h1-2,13H,3-5,12H2. The van der Waals surface area contributed by atoms with Crippen molar-refractivity contribution in [2.75, 3.05) is 13.2 Å². The molecule has 0 spiro atoms. The largest absolute Gasteiger partial charge is 0.488 e. The summed E-state index contributed by atoms with van der Waals surface area (Å²) < 4.78 is 31.0. The van der Waals surface area contributed by atoms with Crippen LogP contribution in [-0.4, -0.2) is 18.3 Å². The minimum Gasteiger partial charge on any atom is -0.488 e. The molecule has 3 N–H and O–H groups in total. The molecule has 0 aliphatic carbocycles. The molecule has 0 atom stereocenters. The maximum absolute atomic E-state index is 13.1. The van der Waals surface area contributed by atoms with Crippen LogP contribution in [-0.2, 0) is 6.54 Å². The predicted octanol–water partition coefficient (Wildman–Crippen LogP) is 0.795. The Kier molecular flexibility index (Phi) is 3.79. The van der Waals surface area contributed by atoms with E-state index in [0.29, 0.717) is 0 Å². The van der Waals surface area contributed by atoms with Crippen LogP contribution in [0.5, 0.6) is 5.75 Å². The van der Waals surface area contributed by atoms with Crippen LogP contribution >= 0.6 is 0 Å². The van der Waals surface area contributed by atoms with E-state index in [0.717, 1.165) is 0 Å². The van der Waals surface area contributed by atoms with Gasteiger partial charge < -0.3 is 15.6 Å². The summed E-state index contributed by atoms with van der Waals surface area (Å²) in [5, 5.41) is 8.43. The van der Waals surface area contributed by atoms with Crippen LogP contribution in [0.1, 0.15) is 5.56 Å². The Bertz CT molecular complexity index is 318. The van der Waals surface area contributed by atoms with Gasteiger partial charge in [-0.1, -0.05) is 6.07 Å². The highest BCUT2D eigenvalue weighted by Crippen LogP contribution is 2.22. The first-order valence-electron chi connectivity index (χ1n) is 4.11. The van der Waals surface area contributed by atoms with Crippen molar-refractivity contribution in [1.82, 2.24) is 0 Å². The van der Waals surface area contributed by atoms with Crippen LogP contribution in [0.25, 0.3) is 0 Å². The first-order chi connectivity index (χ1) is 6.70. The van der Waals surface area contributed by atoms with Crippen molar-refractivity contribution < 1.29 is 18.6 Å². The van der Waals surface area contributed by atoms with Gasteiger partial charge in [0.2, 0.25) is 5.82 Å². The lowest BCUT2D eigenvalue weighted by atomic mass is 10.2. The number of nitrogens with two attached hydrogens (primary N) is 1. The fraction of sp³-hybridized carbons (Fsp3) is 0.333. The molecular weight excluding hydrogens is 192 g/mol. The van der Waals surface area contributed by atoms with Gasteiger partial charge in [0.1, 0.15) is 6.61 Å². The minimum atomic E-state index is -1.07. The Morgan fingerprint density at radius 1 is 1.29 bits per heavy atom. The van der Waals surface area contributed by atoms with Gasteiger partial charge in [-0.15, -0.1) is 0 Å². The molecule has 0 saturated heterocycles. The van der Waals surface area contributed by atoms with Gasteiger partial charge in [-0.25, -0.2) is 4.39 Å². The lowest BCUT2D eigenvalue weighted by Gasteiger charge is -2.07. The molecule has 1 aromatic carbocycles. The summed E-state index contributed by atoms with van der Waals surface area (Å²) in [6.07, 6.45) is 0. The van der Waals surface area contributed by atoms with Crippen molar-refractivity contribution in [3.63, 3.8) is 0 Å². The Morgan fingerprint density at radius 3 is 2.57 bits per heavy atom. The first-order valence-corrected chi connectivity index (χ1v) is 4.11. The molecule has 0 radical (unpaired) electrons. The molecule has 0 heterocycles. The molecule has 0 aliphatic rings. The van der Waals surface area contributed by atoms with Crippen LogP contribution in [0, 0.1) is 11.6 Å². The second kappa shape index (κ2) is 4.88. The van der Waals surface area contributed by atoms with Crippen LogP contribution < -0.4 is 10.5 Å². The fourth-order valence-corrected chi connectivity index (χ4v) is 0.996. The Labute approximate surface area is 80.1 Å². The molecule has 1 aromatic rings. The third kappa shape index (κ3) is 2.18. The molecule has 0 aliphatic heterocycles. The molecule has 78 valence electrons. The molecule has 14 heavy (non-hydrogen) atoms. The number of ether oxygens (including phenoxy) is 1. The number of halogens is 2. The molecule has 0 unspecified atom stereocenters. The summed E-state index contributed by atoms with van der Waals surface area (Å²) in [5.74, 6) is -2.28. The summed E-state index contributed by atoms with van der Waals surface area (Å²) >= 11 is 0. The molecule has 0 aromatic heterocycles. The number of aliphatic hydroxyl groups is 1. The lowest BCUT2D eigenvalue weighted by molar-refractivity contribution is 0.195. The third-order valence-corrected chi connectivity index (χ3v) is 1.70. The van der Waals surface area contributed by atoms with E-state index in [2.05, 4.69) is 0 Å². The summed E-state index contributed by atoms with van der Waals surface area (Å²) in [7, 11) is 0. The second-order valence-electron chi connectivity index (χ2n) is 2.63. The van der Waals surface area contributed by atoms with E-state index in [1.54, 1.807) is 0 Å². The zero-order valence-corrected chi connectivity index (χ0v) is 7.46. The normalized spacial score (nSPS) is 10.3. The molecule has 1 rings (SSSR count). The lowest BCUT2D eigenvalue weighted by Crippen LogP contribution is -2.07. The zero-order chi connectivity index (χ0) is 10.6. The average Bonchev–Trinajstić information content (AvgIpc) is 2.20. The van der Waals surface area contributed by atoms with E-state index in [1.165, 1.54) is 12.1 Å². The van der Waals surface area contributed by atoms with E-state index in [-0.39, 0.29) is 31.1 Å². The van der Waals surface area contributed by atoms with Crippen molar-refractivity contribution >= 4 is 0 Å². The summed E-state index contributed by atoms with van der Waals surface area (Å²) in [4.78, 5) is 0. The number of rotatable bonds is 4. The van der Waals surface area contributed by atoms with Crippen molar-refractivity contribution in [2.24, 2.45) is 5.73 Å². The highest BCUT2D eigenvalue weighted by atomic mass is 19.2. The molecule has 3 nitrogen and oxygen atoms in total. The second-order valence-corrected chi connectivity index (χ2v) is 2.63. The number of hydrogen-bond donors (Lipinski definition) is 2. The van der Waals surface area contributed by atoms with Crippen molar-refractivity contribution in [3.8, 4) is 5.75 Å². The van der Waals surface area contributed by atoms with E-state index in [9.17, 15) is 8.78 Å². The van der Waals surface area contributed by atoms with Crippen molar-refractivity contribution in [1.29, 1.82) is 0 Å². The summed E-state index contributed by atoms with van der Waals surface area (Å²) in [5.41, 5.74) is 5.28. The minimum absolute atomic E-state index is 0.0664. The highest BCUT2D eigenvalue weighted by molar-refractivity contribution is 5.30. The van der Waals surface area contributed by atoms with E-state index in [4.69, 9.17) is 15.6 Å². The average molecular weight is 203 g/mol. The van der Waals surface area contributed by atoms with Gasteiger partial charge in [0.05, 0.1) is 6.61 Å². The molecule has 0 fully saturated rings. The number of aliphatic hydroxyl groups excluding tert-OH is 1. The maximum Gasteiger partial charge on any atom is 0.200 e. The van der Waals surface area contributed by atoms with Gasteiger partial charge in [-0.2, -0.15) is 4.39 Å². The van der Waals surface area contributed by atoms with Crippen LogP contribution in [0.4, 0.5) is 8.78 Å². The molecular formula is C9H11F2NO2. The Balaban J connectivity index is 2.92. The van der Waals surface area contributed by atoms with Crippen LogP contribution in [0.2, 0.25) is 0 Å². The fourth-order valence-electron chi connectivity index (χ4n) is 0.996. The van der Waals surface area contributed by atoms with Crippen molar-refractivity contribution in [3.05, 3.63) is 29.3 Å². The quantitative estimate of drug-likeness (QED) is 0.760. The smallest absolute Gasteiger partial charge is 0.200 e. The van der Waals surface area contributed by atoms with Crippen LogP contribution in [0.15, 0.2) is 12.1 Å². The Morgan fingerprint density at radius 2 is 2.00 bits per heavy atom. The topological polar surface area (TPSA) is 55.5 Å². The van der Waals surface area contributed by atoms with Crippen molar-refractivity contribution in [2.45, 2.75) is 6.54 Å². The zero-order valence-electron chi connectivity index (χ0n) is 7.46. The van der Waals surface area contributed by atoms with Gasteiger partial charge >= 0.3 is 0 Å². The number of benzene rings is 1. The summed E-state index contributed by atoms with van der Waals surface area (Å²) in [6, 6.07) is 2.64. The van der Waals surface area contributed by atoms with Gasteiger partial charge in [-0.05, 0) is 6.07 Å². The van der Waals surface area contributed by atoms with Gasteiger partial charge in [0, 0.05) is 12.1 Å². The molecule has 5 heteroatoms. The molecule has 0 saturated carbocycles. The number of hydrogen-bond acceptors (Lipinski definition) is 3.